The highest BCUT2D eigenvalue weighted by atomic mass is 16.5. The molecule has 1 aromatic heterocycles. The average Bonchev–Trinajstić information content (AvgIpc) is 3.04. The Bertz CT molecular complexity index is 887. The van der Waals surface area contributed by atoms with E-state index < -0.39 is 0 Å². The number of hydrogen-bond acceptors (Lipinski definition) is 4. The lowest BCUT2D eigenvalue weighted by Crippen LogP contribution is -2.41. The molecule has 6 nitrogen and oxygen atoms in total. The number of carbonyl (C=O) groups excluding carboxylic acids is 2. The molecule has 0 unspecified atom stereocenters. The second-order valence-electron chi connectivity index (χ2n) is 8.92. The highest BCUT2D eigenvalue weighted by molar-refractivity contribution is 5.84. The van der Waals surface area contributed by atoms with Gasteiger partial charge in [-0.25, -0.2) is 0 Å². The van der Waals surface area contributed by atoms with E-state index in [4.69, 9.17) is 4.74 Å². The van der Waals surface area contributed by atoms with Gasteiger partial charge in [0.05, 0.1) is 24.8 Å². The molecule has 2 N–H and O–H groups in total. The molecule has 31 heavy (non-hydrogen) atoms. The fourth-order valence-corrected chi connectivity index (χ4v) is 4.80. The van der Waals surface area contributed by atoms with Crippen LogP contribution in [0, 0.1) is 5.92 Å². The van der Waals surface area contributed by atoms with Gasteiger partial charge in [0.25, 0.3) is 0 Å². The summed E-state index contributed by atoms with van der Waals surface area (Å²) >= 11 is 0. The van der Waals surface area contributed by atoms with Crippen LogP contribution < -0.4 is 10.6 Å². The minimum Gasteiger partial charge on any atom is -0.379 e. The Hall–Kier alpha value is -2.47. The van der Waals surface area contributed by atoms with Gasteiger partial charge in [-0.1, -0.05) is 43.9 Å². The molecule has 166 valence electrons. The van der Waals surface area contributed by atoms with Gasteiger partial charge in [-0.3, -0.25) is 14.6 Å². The van der Waals surface area contributed by atoms with E-state index in [1.54, 1.807) is 0 Å². The number of benzene rings is 1. The molecule has 0 radical (unpaired) electrons. The standard InChI is InChI=1S/C25H33N3O3/c29-24(27-20-7-3-1-2-4-8-20)11-12-25(30)28-23-17-31-16-19(23)15-18-13-14-26-22-10-6-5-9-21(18)22/h5-6,9-10,13-14,19-20,23H,1-4,7-8,11-12,15-17H2,(H,27,29)(H,28,30)/t19-,23-/m1/s1. The second-order valence-corrected chi connectivity index (χ2v) is 8.92. The second kappa shape index (κ2) is 10.7. The first-order valence-electron chi connectivity index (χ1n) is 11.7. The summed E-state index contributed by atoms with van der Waals surface area (Å²) < 4.78 is 5.68. The summed E-state index contributed by atoms with van der Waals surface area (Å²) in [5.74, 6) is 0.134. The van der Waals surface area contributed by atoms with Crippen molar-refractivity contribution in [2.45, 2.75) is 69.9 Å². The number of rotatable bonds is 7. The largest absolute Gasteiger partial charge is 0.379 e. The quantitative estimate of drug-likeness (QED) is 0.668. The highest BCUT2D eigenvalue weighted by Crippen LogP contribution is 2.24. The summed E-state index contributed by atoms with van der Waals surface area (Å²) in [4.78, 5) is 29.2. The molecule has 0 spiro atoms. The lowest BCUT2D eigenvalue weighted by atomic mass is 9.93. The van der Waals surface area contributed by atoms with Gasteiger partial charge in [0.2, 0.25) is 11.8 Å². The summed E-state index contributed by atoms with van der Waals surface area (Å²) in [6, 6.07) is 10.4. The first-order chi connectivity index (χ1) is 15.2. The number of pyridine rings is 1. The Balaban J connectivity index is 1.26. The van der Waals surface area contributed by atoms with Crippen LogP contribution in [0.3, 0.4) is 0 Å². The molecule has 2 aliphatic rings. The number of fused-ring (bicyclic) bond motifs is 1. The molecule has 2 heterocycles. The van der Waals surface area contributed by atoms with Crippen LogP contribution in [0.15, 0.2) is 36.5 Å². The van der Waals surface area contributed by atoms with Crippen LogP contribution in [0.1, 0.15) is 56.9 Å². The highest BCUT2D eigenvalue weighted by Gasteiger charge is 2.30. The maximum absolute atomic E-state index is 12.5. The van der Waals surface area contributed by atoms with Gasteiger partial charge in [0, 0.05) is 36.4 Å². The van der Waals surface area contributed by atoms with Gasteiger partial charge in [-0.2, -0.15) is 0 Å². The van der Waals surface area contributed by atoms with Crippen molar-refractivity contribution in [1.29, 1.82) is 0 Å². The summed E-state index contributed by atoms with van der Waals surface area (Å²) in [5, 5.41) is 7.37. The van der Waals surface area contributed by atoms with E-state index in [1.807, 2.05) is 24.4 Å². The van der Waals surface area contributed by atoms with Crippen LogP contribution in [0.25, 0.3) is 10.9 Å². The van der Waals surface area contributed by atoms with Crippen molar-refractivity contribution in [2.24, 2.45) is 5.92 Å². The first kappa shape index (κ1) is 21.8. The summed E-state index contributed by atoms with van der Waals surface area (Å²) in [6.45, 7) is 1.15. The van der Waals surface area contributed by atoms with E-state index in [2.05, 4.69) is 27.8 Å². The van der Waals surface area contributed by atoms with E-state index in [0.717, 1.165) is 30.2 Å². The number of carbonyl (C=O) groups is 2. The lowest BCUT2D eigenvalue weighted by molar-refractivity contribution is -0.127. The molecule has 2 aromatic rings. The van der Waals surface area contributed by atoms with Crippen molar-refractivity contribution >= 4 is 22.7 Å². The number of para-hydroxylation sites is 1. The number of nitrogens with one attached hydrogen (secondary N) is 2. The molecule has 1 aromatic carbocycles. The Morgan fingerprint density at radius 3 is 2.48 bits per heavy atom. The molecule has 2 fully saturated rings. The van der Waals surface area contributed by atoms with Gasteiger partial charge >= 0.3 is 0 Å². The fourth-order valence-electron chi connectivity index (χ4n) is 4.80. The van der Waals surface area contributed by atoms with Crippen molar-refractivity contribution in [2.75, 3.05) is 13.2 Å². The van der Waals surface area contributed by atoms with E-state index in [-0.39, 0.29) is 42.7 Å². The molecule has 1 aliphatic heterocycles. The maximum atomic E-state index is 12.5. The Morgan fingerprint density at radius 2 is 1.68 bits per heavy atom. The van der Waals surface area contributed by atoms with E-state index >= 15 is 0 Å². The van der Waals surface area contributed by atoms with Gasteiger partial charge < -0.3 is 15.4 Å². The number of nitrogens with zero attached hydrogens (tertiary/aromatic N) is 1. The topological polar surface area (TPSA) is 80.3 Å². The number of hydrogen-bond donors (Lipinski definition) is 2. The fraction of sp³-hybridized carbons (Fsp3) is 0.560. The average molecular weight is 424 g/mol. The first-order valence-corrected chi connectivity index (χ1v) is 11.7. The Labute approximate surface area is 184 Å². The van der Waals surface area contributed by atoms with Gasteiger partial charge in [-0.15, -0.1) is 0 Å². The van der Waals surface area contributed by atoms with Crippen molar-refractivity contribution in [3.05, 3.63) is 42.1 Å². The van der Waals surface area contributed by atoms with Crippen molar-refractivity contribution in [3.63, 3.8) is 0 Å². The van der Waals surface area contributed by atoms with Crippen molar-refractivity contribution in [1.82, 2.24) is 15.6 Å². The predicted molar refractivity (Wildman–Crippen MR) is 121 cm³/mol. The molecule has 2 atom stereocenters. The molecule has 0 bridgehead atoms. The Morgan fingerprint density at radius 1 is 0.935 bits per heavy atom. The van der Waals surface area contributed by atoms with Crippen LogP contribution in [-0.2, 0) is 20.7 Å². The maximum Gasteiger partial charge on any atom is 0.220 e. The van der Waals surface area contributed by atoms with Gasteiger partial charge in [0.1, 0.15) is 0 Å². The van der Waals surface area contributed by atoms with Crippen LogP contribution in [0.2, 0.25) is 0 Å². The summed E-state index contributed by atoms with van der Waals surface area (Å²) in [7, 11) is 0. The molecular formula is C25H33N3O3. The molecular weight excluding hydrogens is 390 g/mol. The minimum atomic E-state index is -0.0731. The van der Waals surface area contributed by atoms with Gasteiger partial charge in [0.15, 0.2) is 0 Å². The van der Waals surface area contributed by atoms with Crippen molar-refractivity contribution < 1.29 is 14.3 Å². The molecule has 4 rings (SSSR count). The third-order valence-electron chi connectivity index (χ3n) is 6.57. The number of amides is 2. The molecule has 6 heteroatoms. The zero-order valence-corrected chi connectivity index (χ0v) is 18.1. The SMILES string of the molecule is O=C(CCC(=O)N[C@@H]1COC[C@H]1Cc1ccnc2ccccc12)NC1CCCCCC1. The smallest absolute Gasteiger partial charge is 0.220 e. The van der Waals surface area contributed by atoms with Crippen LogP contribution in [0.5, 0.6) is 0 Å². The lowest BCUT2D eigenvalue weighted by Gasteiger charge is -2.20. The third kappa shape index (κ3) is 6.03. The summed E-state index contributed by atoms with van der Waals surface area (Å²) in [6.07, 6.45) is 10.1. The zero-order chi connectivity index (χ0) is 21.5. The number of ether oxygens (including phenoxy) is 1. The van der Waals surface area contributed by atoms with E-state index in [0.29, 0.717) is 13.2 Å². The van der Waals surface area contributed by atoms with E-state index in [9.17, 15) is 9.59 Å². The molecule has 2 amide bonds. The predicted octanol–water partition coefficient (Wildman–Crippen LogP) is 3.53. The molecule has 1 saturated carbocycles. The summed E-state index contributed by atoms with van der Waals surface area (Å²) in [5.41, 5.74) is 2.21. The molecule has 1 saturated heterocycles. The minimum absolute atomic E-state index is 0.00970. The van der Waals surface area contributed by atoms with Crippen LogP contribution >= 0.6 is 0 Å². The monoisotopic (exact) mass is 423 g/mol. The normalized spacial score (nSPS) is 22.2. The van der Waals surface area contributed by atoms with E-state index in [1.165, 1.54) is 31.2 Å². The van der Waals surface area contributed by atoms with Crippen LogP contribution in [0.4, 0.5) is 0 Å². The molecule has 1 aliphatic carbocycles. The van der Waals surface area contributed by atoms with Crippen molar-refractivity contribution in [3.8, 4) is 0 Å². The number of aromatic nitrogens is 1. The third-order valence-corrected chi connectivity index (χ3v) is 6.57. The zero-order valence-electron chi connectivity index (χ0n) is 18.1. The van der Waals surface area contributed by atoms with Gasteiger partial charge in [-0.05, 0) is 37.0 Å². The Kier molecular flexibility index (Phi) is 7.52. The van der Waals surface area contributed by atoms with Crippen LogP contribution in [-0.4, -0.2) is 42.1 Å².